The van der Waals surface area contributed by atoms with E-state index in [-0.39, 0.29) is 6.04 Å². The van der Waals surface area contributed by atoms with Crippen LogP contribution in [0.3, 0.4) is 0 Å². The number of aromatic nitrogens is 2. The Bertz CT molecular complexity index is 625. The summed E-state index contributed by atoms with van der Waals surface area (Å²) in [6, 6.07) is 5.74. The minimum Gasteiger partial charge on any atom is -0.496 e. The first-order chi connectivity index (χ1) is 9.43. The van der Waals surface area contributed by atoms with Gasteiger partial charge < -0.3 is 10.5 Å². The molecule has 108 valence electrons. The molecule has 0 spiro atoms. The van der Waals surface area contributed by atoms with Crippen molar-refractivity contribution in [3.8, 4) is 5.75 Å². The molecule has 1 atom stereocenters. The highest BCUT2D eigenvalue weighted by atomic mass is 79.9. The summed E-state index contributed by atoms with van der Waals surface area (Å²) in [4.78, 5) is 0. The molecule has 0 bridgehead atoms. The monoisotopic (exact) mass is 401 g/mol. The van der Waals surface area contributed by atoms with Gasteiger partial charge in [-0.3, -0.25) is 4.68 Å². The number of rotatable bonds is 4. The molecule has 1 heterocycles. The van der Waals surface area contributed by atoms with E-state index in [0.29, 0.717) is 6.42 Å². The van der Waals surface area contributed by atoms with Gasteiger partial charge in [0, 0.05) is 29.5 Å². The second-order valence-electron chi connectivity index (χ2n) is 4.67. The number of methoxy groups -OCH3 is 1. The van der Waals surface area contributed by atoms with Crippen LogP contribution in [0.4, 0.5) is 0 Å². The van der Waals surface area contributed by atoms with Gasteiger partial charge in [-0.2, -0.15) is 5.10 Å². The van der Waals surface area contributed by atoms with Crippen molar-refractivity contribution in [1.82, 2.24) is 9.78 Å². The van der Waals surface area contributed by atoms with Crippen LogP contribution in [-0.4, -0.2) is 16.9 Å². The van der Waals surface area contributed by atoms with Crippen LogP contribution >= 0.6 is 31.9 Å². The highest BCUT2D eigenvalue weighted by Crippen LogP contribution is 2.31. The van der Waals surface area contributed by atoms with Gasteiger partial charge in [0.2, 0.25) is 0 Å². The zero-order valence-electron chi connectivity index (χ0n) is 11.7. The van der Waals surface area contributed by atoms with Crippen molar-refractivity contribution < 1.29 is 4.74 Å². The van der Waals surface area contributed by atoms with Gasteiger partial charge in [0.1, 0.15) is 5.75 Å². The molecule has 1 aromatic heterocycles. The lowest BCUT2D eigenvalue weighted by atomic mass is 10.0. The van der Waals surface area contributed by atoms with Crippen LogP contribution in [0.5, 0.6) is 5.75 Å². The van der Waals surface area contributed by atoms with E-state index < -0.39 is 0 Å². The highest BCUT2D eigenvalue weighted by molar-refractivity contribution is 9.10. The summed E-state index contributed by atoms with van der Waals surface area (Å²) in [5, 5.41) is 4.39. The zero-order valence-corrected chi connectivity index (χ0v) is 14.8. The summed E-state index contributed by atoms with van der Waals surface area (Å²) < 4.78 is 9.27. The topological polar surface area (TPSA) is 53.1 Å². The second kappa shape index (κ2) is 6.28. The Kier molecular flexibility index (Phi) is 4.88. The zero-order chi connectivity index (χ0) is 14.9. The lowest BCUT2D eigenvalue weighted by Gasteiger charge is -2.16. The quantitative estimate of drug-likeness (QED) is 0.851. The number of hydrogen-bond donors (Lipinski definition) is 1. The largest absolute Gasteiger partial charge is 0.496 e. The first-order valence-corrected chi connectivity index (χ1v) is 7.79. The third kappa shape index (κ3) is 3.07. The van der Waals surface area contributed by atoms with Crippen LogP contribution in [-0.2, 0) is 13.5 Å². The van der Waals surface area contributed by atoms with E-state index in [0.717, 1.165) is 31.6 Å². The van der Waals surface area contributed by atoms with Crippen LogP contribution in [0.1, 0.15) is 23.0 Å². The maximum Gasteiger partial charge on any atom is 0.124 e. The number of halogens is 2. The molecule has 6 heteroatoms. The van der Waals surface area contributed by atoms with E-state index in [4.69, 9.17) is 10.5 Å². The molecular weight excluding hydrogens is 386 g/mol. The molecule has 4 nitrogen and oxygen atoms in total. The third-order valence-corrected chi connectivity index (χ3v) is 4.79. The van der Waals surface area contributed by atoms with Crippen LogP contribution in [0, 0.1) is 6.92 Å². The van der Waals surface area contributed by atoms with Gasteiger partial charge in [0.25, 0.3) is 0 Å². The molecular formula is C14H17Br2N3O. The Labute approximate surface area is 135 Å². The summed E-state index contributed by atoms with van der Waals surface area (Å²) in [6.07, 6.45) is 0.690. The smallest absolute Gasteiger partial charge is 0.124 e. The van der Waals surface area contributed by atoms with Crippen molar-refractivity contribution in [2.75, 3.05) is 7.11 Å². The summed E-state index contributed by atoms with van der Waals surface area (Å²) in [7, 11) is 3.58. The Morgan fingerprint density at radius 2 is 2.10 bits per heavy atom. The molecule has 20 heavy (non-hydrogen) atoms. The SMILES string of the molecule is COc1cc(Br)ccc1C(N)Cc1c(Br)c(C)nn1C. The summed E-state index contributed by atoms with van der Waals surface area (Å²) in [6.45, 7) is 1.97. The third-order valence-electron chi connectivity index (χ3n) is 3.27. The van der Waals surface area contributed by atoms with Gasteiger partial charge in [-0.15, -0.1) is 0 Å². The van der Waals surface area contributed by atoms with Crippen molar-refractivity contribution in [2.24, 2.45) is 12.8 Å². The fourth-order valence-electron chi connectivity index (χ4n) is 2.21. The Hall–Kier alpha value is -0.850. The Balaban J connectivity index is 2.30. The van der Waals surface area contributed by atoms with E-state index in [9.17, 15) is 0 Å². The van der Waals surface area contributed by atoms with E-state index in [1.165, 1.54) is 0 Å². The van der Waals surface area contributed by atoms with E-state index in [2.05, 4.69) is 37.0 Å². The van der Waals surface area contributed by atoms with Gasteiger partial charge in [-0.25, -0.2) is 0 Å². The highest BCUT2D eigenvalue weighted by Gasteiger charge is 2.18. The number of nitrogens with zero attached hydrogens (tertiary/aromatic N) is 2. The molecule has 0 amide bonds. The first-order valence-electron chi connectivity index (χ1n) is 6.21. The Morgan fingerprint density at radius 1 is 1.40 bits per heavy atom. The van der Waals surface area contributed by atoms with Gasteiger partial charge in [0.05, 0.1) is 23.0 Å². The summed E-state index contributed by atoms with van der Waals surface area (Å²) in [5.74, 6) is 0.793. The lowest BCUT2D eigenvalue weighted by molar-refractivity contribution is 0.404. The predicted octanol–water partition coefficient (Wildman–Crippen LogP) is 3.50. The molecule has 0 saturated carbocycles. The second-order valence-corrected chi connectivity index (χ2v) is 6.38. The van der Waals surface area contributed by atoms with E-state index in [1.807, 2.05) is 36.9 Å². The fraction of sp³-hybridized carbons (Fsp3) is 0.357. The molecule has 0 fully saturated rings. The summed E-state index contributed by atoms with van der Waals surface area (Å²) >= 11 is 7.01. The van der Waals surface area contributed by atoms with Crippen LogP contribution in [0.2, 0.25) is 0 Å². The van der Waals surface area contributed by atoms with Crippen LogP contribution < -0.4 is 10.5 Å². The summed E-state index contributed by atoms with van der Waals surface area (Å²) in [5.41, 5.74) is 9.38. The minimum atomic E-state index is -0.149. The van der Waals surface area contributed by atoms with Gasteiger partial charge in [-0.1, -0.05) is 22.0 Å². The molecule has 1 aromatic carbocycles. The molecule has 0 saturated heterocycles. The molecule has 2 rings (SSSR count). The molecule has 2 N–H and O–H groups in total. The molecule has 2 aromatic rings. The van der Waals surface area contributed by atoms with Crippen molar-refractivity contribution in [1.29, 1.82) is 0 Å². The van der Waals surface area contributed by atoms with Crippen LogP contribution in [0.15, 0.2) is 27.1 Å². The van der Waals surface area contributed by atoms with Crippen molar-refractivity contribution >= 4 is 31.9 Å². The molecule has 0 radical (unpaired) electrons. The fourth-order valence-corrected chi connectivity index (χ4v) is 3.05. The van der Waals surface area contributed by atoms with Crippen LogP contribution in [0.25, 0.3) is 0 Å². The minimum absolute atomic E-state index is 0.149. The first kappa shape index (κ1) is 15.5. The van der Waals surface area contributed by atoms with Gasteiger partial charge in [-0.05, 0) is 35.0 Å². The van der Waals surface area contributed by atoms with Gasteiger partial charge >= 0.3 is 0 Å². The number of benzene rings is 1. The van der Waals surface area contributed by atoms with Crippen molar-refractivity contribution in [3.63, 3.8) is 0 Å². The van der Waals surface area contributed by atoms with E-state index >= 15 is 0 Å². The van der Waals surface area contributed by atoms with Gasteiger partial charge in [0.15, 0.2) is 0 Å². The average molecular weight is 403 g/mol. The molecule has 1 unspecified atom stereocenters. The number of hydrogen-bond acceptors (Lipinski definition) is 3. The molecule has 0 aliphatic rings. The number of nitrogens with two attached hydrogens (primary N) is 1. The maximum absolute atomic E-state index is 6.34. The molecule has 0 aliphatic carbocycles. The number of ether oxygens (including phenoxy) is 1. The standard InChI is InChI=1S/C14H17Br2N3O/c1-8-14(16)12(19(2)18-8)7-11(17)10-5-4-9(15)6-13(10)20-3/h4-6,11H,7,17H2,1-3H3. The molecule has 0 aliphatic heterocycles. The Morgan fingerprint density at radius 3 is 2.65 bits per heavy atom. The average Bonchev–Trinajstić information content (AvgIpc) is 2.65. The normalized spacial score (nSPS) is 12.5. The predicted molar refractivity (Wildman–Crippen MR) is 87.0 cm³/mol. The lowest BCUT2D eigenvalue weighted by Crippen LogP contribution is -2.16. The van der Waals surface area contributed by atoms with E-state index in [1.54, 1.807) is 7.11 Å². The maximum atomic E-state index is 6.34. The number of aryl methyl sites for hydroxylation is 2. The van der Waals surface area contributed by atoms with Crippen molar-refractivity contribution in [3.05, 3.63) is 44.1 Å². The van der Waals surface area contributed by atoms with Crippen molar-refractivity contribution in [2.45, 2.75) is 19.4 Å².